The highest BCUT2D eigenvalue weighted by Gasteiger charge is 2.43. The van der Waals surface area contributed by atoms with Crippen LogP contribution in [0.25, 0.3) is 28.2 Å². The van der Waals surface area contributed by atoms with Crippen LogP contribution in [0.5, 0.6) is 0 Å². The second kappa shape index (κ2) is 7.97. The standard InChI is InChI=1S/C25H28N6O2/c1-18-4-3-5-19(14-18)31-9-6-20(28-31)21-15-22(29-10-12-33-13-11-29)23-24(27-21)30(17-26-23)16-25(32-2)7-8-25/h3-6,9,14-15,17H,7-8,10-13,16H2,1-2H3. The highest BCUT2D eigenvalue weighted by Crippen LogP contribution is 2.41. The van der Waals surface area contributed by atoms with Gasteiger partial charge in [-0.3, -0.25) is 0 Å². The lowest BCUT2D eigenvalue weighted by molar-refractivity contribution is 0.0659. The van der Waals surface area contributed by atoms with Crippen molar-refractivity contribution in [1.29, 1.82) is 0 Å². The van der Waals surface area contributed by atoms with Gasteiger partial charge in [0.15, 0.2) is 5.65 Å². The van der Waals surface area contributed by atoms with Crippen molar-refractivity contribution in [2.75, 3.05) is 38.3 Å². The number of morpholine rings is 1. The van der Waals surface area contributed by atoms with E-state index in [0.717, 1.165) is 66.4 Å². The smallest absolute Gasteiger partial charge is 0.162 e. The van der Waals surface area contributed by atoms with Gasteiger partial charge in [0.1, 0.15) is 11.2 Å². The third-order valence-electron chi connectivity index (χ3n) is 6.72. The number of fused-ring (bicyclic) bond motifs is 1. The summed E-state index contributed by atoms with van der Waals surface area (Å²) in [6.45, 7) is 5.96. The Kier molecular flexibility index (Phi) is 4.92. The molecule has 4 aromatic rings. The van der Waals surface area contributed by atoms with Gasteiger partial charge in [0.25, 0.3) is 0 Å². The van der Waals surface area contributed by atoms with Gasteiger partial charge in [-0.2, -0.15) is 5.10 Å². The van der Waals surface area contributed by atoms with Crippen molar-refractivity contribution in [3.05, 3.63) is 54.5 Å². The normalized spacial score (nSPS) is 17.6. The number of nitrogens with zero attached hydrogens (tertiary/aromatic N) is 6. The largest absolute Gasteiger partial charge is 0.378 e. The number of benzene rings is 1. The first kappa shape index (κ1) is 20.4. The predicted molar refractivity (Wildman–Crippen MR) is 127 cm³/mol. The topological polar surface area (TPSA) is 70.2 Å². The SMILES string of the molecule is COC1(Cn2cnc3c(N4CCOCC4)cc(-c4ccn(-c5cccc(C)c5)n4)nc32)CC1. The Hall–Kier alpha value is -3.23. The third-order valence-corrected chi connectivity index (χ3v) is 6.72. The summed E-state index contributed by atoms with van der Waals surface area (Å²) in [6.07, 6.45) is 6.03. The van der Waals surface area contributed by atoms with Gasteiger partial charge in [-0.25, -0.2) is 14.6 Å². The second-order valence-electron chi connectivity index (χ2n) is 9.04. The lowest BCUT2D eigenvalue weighted by Crippen LogP contribution is -2.36. The van der Waals surface area contributed by atoms with Crippen LogP contribution in [0.1, 0.15) is 18.4 Å². The van der Waals surface area contributed by atoms with E-state index in [-0.39, 0.29) is 5.60 Å². The van der Waals surface area contributed by atoms with Gasteiger partial charge in [0.05, 0.1) is 48.8 Å². The van der Waals surface area contributed by atoms with Gasteiger partial charge >= 0.3 is 0 Å². The number of hydrogen-bond donors (Lipinski definition) is 0. The van der Waals surface area contributed by atoms with Gasteiger partial charge in [0.2, 0.25) is 0 Å². The van der Waals surface area contributed by atoms with Crippen LogP contribution in [0.4, 0.5) is 5.69 Å². The van der Waals surface area contributed by atoms with Crippen LogP contribution in [-0.2, 0) is 16.0 Å². The fourth-order valence-electron chi connectivity index (χ4n) is 4.56. The maximum atomic E-state index is 5.78. The summed E-state index contributed by atoms with van der Waals surface area (Å²) in [5.41, 5.74) is 6.73. The van der Waals surface area contributed by atoms with Gasteiger partial charge in [-0.05, 0) is 49.6 Å². The molecule has 0 bridgehead atoms. The molecule has 3 aromatic heterocycles. The van der Waals surface area contributed by atoms with Crippen molar-refractivity contribution in [3.8, 4) is 17.1 Å². The number of hydrogen-bond acceptors (Lipinski definition) is 6. The maximum absolute atomic E-state index is 5.78. The molecule has 6 rings (SSSR count). The first-order valence-corrected chi connectivity index (χ1v) is 11.5. The molecule has 1 saturated carbocycles. The molecule has 0 spiro atoms. The Morgan fingerprint density at radius 2 is 1.94 bits per heavy atom. The molecule has 0 radical (unpaired) electrons. The fraction of sp³-hybridized carbons (Fsp3) is 0.400. The molecule has 0 atom stereocenters. The average Bonchev–Trinajstić information content (AvgIpc) is 3.25. The first-order chi connectivity index (χ1) is 16.1. The van der Waals surface area contributed by atoms with Crippen molar-refractivity contribution in [2.24, 2.45) is 0 Å². The van der Waals surface area contributed by atoms with E-state index in [1.165, 1.54) is 5.56 Å². The zero-order valence-electron chi connectivity index (χ0n) is 19.1. The molecule has 2 fully saturated rings. The Morgan fingerprint density at radius 1 is 1.09 bits per heavy atom. The number of imidazole rings is 1. The fourth-order valence-corrected chi connectivity index (χ4v) is 4.56. The van der Waals surface area contributed by atoms with E-state index in [4.69, 9.17) is 24.5 Å². The van der Waals surface area contributed by atoms with E-state index in [1.54, 1.807) is 7.11 Å². The number of pyridine rings is 1. The van der Waals surface area contributed by atoms with Crippen molar-refractivity contribution in [2.45, 2.75) is 31.9 Å². The number of ether oxygens (including phenoxy) is 2. The van der Waals surface area contributed by atoms with E-state index >= 15 is 0 Å². The molecule has 1 aliphatic heterocycles. The Balaban J connectivity index is 1.44. The maximum Gasteiger partial charge on any atom is 0.162 e. The van der Waals surface area contributed by atoms with Gasteiger partial charge in [-0.15, -0.1) is 0 Å². The molecule has 33 heavy (non-hydrogen) atoms. The molecule has 8 nitrogen and oxygen atoms in total. The third kappa shape index (κ3) is 3.79. The summed E-state index contributed by atoms with van der Waals surface area (Å²) >= 11 is 0. The molecular weight excluding hydrogens is 416 g/mol. The van der Waals surface area contributed by atoms with Gasteiger partial charge < -0.3 is 18.9 Å². The lowest BCUT2D eigenvalue weighted by atomic mass is 10.2. The number of aromatic nitrogens is 5. The summed E-state index contributed by atoms with van der Waals surface area (Å²) in [4.78, 5) is 12.2. The Morgan fingerprint density at radius 3 is 2.70 bits per heavy atom. The number of methoxy groups -OCH3 is 1. The van der Waals surface area contributed by atoms with Crippen LogP contribution >= 0.6 is 0 Å². The number of aryl methyl sites for hydroxylation is 1. The first-order valence-electron chi connectivity index (χ1n) is 11.5. The second-order valence-corrected chi connectivity index (χ2v) is 9.04. The molecule has 0 unspecified atom stereocenters. The molecule has 2 aliphatic rings. The van der Waals surface area contributed by atoms with E-state index < -0.39 is 0 Å². The van der Waals surface area contributed by atoms with Crippen LogP contribution in [0.2, 0.25) is 0 Å². The zero-order valence-corrected chi connectivity index (χ0v) is 19.1. The molecule has 1 aromatic carbocycles. The Bertz CT molecular complexity index is 1300. The molecule has 8 heteroatoms. The summed E-state index contributed by atoms with van der Waals surface area (Å²) in [7, 11) is 1.79. The van der Waals surface area contributed by atoms with Crippen LogP contribution in [0, 0.1) is 6.92 Å². The number of anilines is 1. The molecule has 4 heterocycles. The van der Waals surface area contributed by atoms with Crippen molar-refractivity contribution in [3.63, 3.8) is 0 Å². The van der Waals surface area contributed by atoms with E-state index in [2.05, 4.69) is 46.7 Å². The summed E-state index contributed by atoms with van der Waals surface area (Å²) < 4.78 is 15.4. The minimum atomic E-state index is -0.0861. The van der Waals surface area contributed by atoms with Crippen molar-refractivity contribution in [1.82, 2.24) is 24.3 Å². The highest BCUT2D eigenvalue weighted by atomic mass is 16.5. The lowest BCUT2D eigenvalue weighted by Gasteiger charge is -2.29. The van der Waals surface area contributed by atoms with Gasteiger partial charge in [0, 0.05) is 26.4 Å². The zero-order chi connectivity index (χ0) is 22.4. The molecule has 1 saturated heterocycles. The molecular formula is C25H28N6O2. The Labute approximate surface area is 192 Å². The molecule has 0 N–H and O–H groups in total. The summed E-state index contributed by atoms with van der Waals surface area (Å²) in [5.74, 6) is 0. The van der Waals surface area contributed by atoms with Crippen molar-refractivity contribution < 1.29 is 9.47 Å². The van der Waals surface area contributed by atoms with E-state index in [9.17, 15) is 0 Å². The summed E-state index contributed by atoms with van der Waals surface area (Å²) in [5, 5.41) is 4.86. The predicted octanol–water partition coefficient (Wildman–Crippen LogP) is 3.61. The molecule has 0 amide bonds. The van der Waals surface area contributed by atoms with E-state index in [1.807, 2.05) is 23.3 Å². The summed E-state index contributed by atoms with van der Waals surface area (Å²) in [6, 6.07) is 12.5. The van der Waals surface area contributed by atoms with Crippen LogP contribution in [0.15, 0.2) is 48.9 Å². The molecule has 1 aliphatic carbocycles. The van der Waals surface area contributed by atoms with E-state index in [0.29, 0.717) is 13.2 Å². The van der Waals surface area contributed by atoms with Crippen LogP contribution < -0.4 is 4.90 Å². The van der Waals surface area contributed by atoms with Crippen LogP contribution in [-0.4, -0.2) is 63.3 Å². The minimum Gasteiger partial charge on any atom is -0.378 e. The highest BCUT2D eigenvalue weighted by molar-refractivity contribution is 5.89. The van der Waals surface area contributed by atoms with Gasteiger partial charge in [-0.1, -0.05) is 12.1 Å². The minimum absolute atomic E-state index is 0.0861. The van der Waals surface area contributed by atoms with Crippen LogP contribution in [0.3, 0.4) is 0 Å². The quantitative estimate of drug-likeness (QED) is 0.453. The van der Waals surface area contributed by atoms with Crippen molar-refractivity contribution >= 4 is 16.9 Å². The number of rotatable bonds is 6. The average molecular weight is 445 g/mol. The molecule has 170 valence electrons. The monoisotopic (exact) mass is 444 g/mol.